The molecule has 94 valence electrons. The SMILES string of the molecule is NCc1c(Br)cccc1N(CCO)C1CCC1. The van der Waals surface area contributed by atoms with Gasteiger partial charge in [-0.1, -0.05) is 22.0 Å². The van der Waals surface area contributed by atoms with Gasteiger partial charge in [-0.05, 0) is 31.4 Å². The third-order valence-electron chi connectivity index (χ3n) is 3.46. The second kappa shape index (κ2) is 5.85. The summed E-state index contributed by atoms with van der Waals surface area (Å²) >= 11 is 3.55. The molecule has 0 atom stereocenters. The van der Waals surface area contributed by atoms with Crippen molar-refractivity contribution in [1.29, 1.82) is 0 Å². The van der Waals surface area contributed by atoms with Crippen molar-refractivity contribution in [3.05, 3.63) is 28.2 Å². The molecule has 1 fully saturated rings. The zero-order valence-electron chi connectivity index (χ0n) is 9.90. The fraction of sp³-hybridized carbons (Fsp3) is 0.538. The van der Waals surface area contributed by atoms with Crippen LogP contribution in [0.2, 0.25) is 0 Å². The zero-order valence-corrected chi connectivity index (χ0v) is 11.5. The molecule has 0 heterocycles. The molecule has 0 aromatic heterocycles. The average molecular weight is 299 g/mol. The van der Waals surface area contributed by atoms with Crippen molar-refractivity contribution in [1.82, 2.24) is 0 Å². The Morgan fingerprint density at radius 1 is 1.41 bits per heavy atom. The minimum absolute atomic E-state index is 0.188. The highest BCUT2D eigenvalue weighted by Crippen LogP contribution is 2.34. The minimum Gasteiger partial charge on any atom is -0.395 e. The van der Waals surface area contributed by atoms with Gasteiger partial charge in [0.25, 0.3) is 0 Å². The lowest BCUT2D eigenvalue weighted by Crippen LogP contribution is -2.42. The van der Waals surface area contributed by atoms with Crippen molar-refractivity contribution in [2.24, 2.45) is 5.73 Å². The Morgan fingerprint density at radius 2 is 2.18 bits per heavy atom. The second-order valence-electron chi connectivity index (χ2n) is 4.44. The number of nitrogens with two attached hydrogens (primary N) is 1. The summed E-state index contributed by atoms with van der Waals surface area (Å²) in [7, 11) is 0. The standard InChI is InChI=1S/C13H19BrN2O/c14-12-5-2-6-13(11(12)9-15)16(7-8-17)10-3-1-4-10/h2,5-6,10,17H,1,3-4,7-9,15H2. The van der Waals surface area contributed by atoms with Crippen LogP contribution in [0.1, 0.15) is 24.8 Å². The van der Waals surface area contributed by atoms with Crippen LogP contribution in [0, 0.1) is 0 Å². The summed E-state index contributed by atoms with van der Waals surface area (Å²) in [6.45, 7) is 1.40. The molecule has 1 saturated carbocycles. The van der Waals surface area contributed by atoms with Crippen molar-refractivity contribution >= 4 is 21.6 Å². The number of benzene rings is 1. The molecule has 1 aliphatic rings. The lowest BCUT2D eigenvalue weighted by atomic mass is 9.90. The summed E-state index contributed by atoms with van der Waals surface area (Å²) in [5.41, 5.74) is 8.13. The molecular weight excluding hydrogens is 280 g/mol. The van der Waals surface area contributed by atoms with E-state index in [9.17, 15) is 5.11 Å². The van der Waals surface area contributed by atoms with Gasteiger partial charge in [0.15, 0.2) is 0 Å². The lowest BCUT2D eigenvalue weighted by molar-refractivity contribution is 0.283. The van der Waals surface area contributed by atoms with E-state index in [1.54, 1.807) is 0 Å². The number of aliphatic hydroxyl groups excluding tert-OH is 1. The van der Waals surface area contributed by atoms with Gasteiger partial charge in [-0.25, -0.2) is 0 Å². The van der Waals surface area contributed by atoms with Crippen molar-refractivity contribution < 1.29 is 5.11 Å². The van der Waals surface area contributed by atoms with E-state index in [1.807, 2.05) is 12.1 Å². The van der Waals surface area contributed by atoms with Crippen LogP contribution in [0.15, 0.2) is 22.7 Å². The van der Waals surface area contributed by atoms with E-state index >= 15 is 0 Å². The first-order valence-corrected chi connectivity index (χ1v) is 6.92. The van der Waals surface area contributed by atoms with Gasteiger partial charge >= 0.3 is 0 Å². The van der Waals surface area contributed by atoms with Crippen molar-refractivity contribution in [2.45, 2.75) is 31.8 Å². The molecule has 0 saturated heterocycles. The molecule has 0 unspecified atom stereocenters. The van der Waals surface area contributed by atoms with Crippen LogP contribution in [0.5, 0.6) is 0 Å². The summed E-state index contributed by atoms with van der Waals surface area (Å²) in [6.07, 6.45) is 3.73. The summed E-state index contributed by atoms with van der Waals surface area (Å²) in [5, 5.41) is 9.21. The quantitative estimate of drug-likeness (QED) is 0.877. The fourth-order valence-electron chi connectivity index (χ4n) is 2.32. The number of halogens is 1. The largest absolute Gasteiger partial charge is 0.395 e. The Hall–Kier alpha value is -0.580. The van der Waals surface area contributed by atoms with Crippen LogP contribution in [-0.2, 0) is 6.54 Å². The van der Waals surface area contributed by atoms with Crippen LogP contribution in [0.3, 0.4) is 0 Å². The first-order valence-electron chi connectivity index (χ1n) is 6.13. The van der Waals surface area contributed by atoms with Gasteiger partial charge in [-0.15, -0.1) is 0 Å². The molecule has 0 spiro atoms. The molecule has 1 aromatic rings. The molecule has 4 heteroatoms. The monoisotopic (exact) mass is 298 g/mol. The normalized spacial score (nSPS) is 15.7. The van der Waals surface area contributed by atoms with Crippen LogP contribution in [-0.4, -0.2) is 24.3 Å². The minimum atomic E-state index is 0.188. The summed E-state index contributed by atoms with van der Waals surface area (Å²) < 4.78 is 1.06. The van der Waals surface area contributed by atoms with Crippen LogP contribution in [0.25, 0.3) is 0 Å². The van der Waals surface area contributed by atoms with Gasteiger partial charge in [0.2, 0.25) is 0 Å². The Kier molecular flexibility index (Phi) is 4.42. The van der Waals surface area contributed by atoms with E-state index in [-0.39, 0.29) is 6.61 Å². The number of hydrogen-bond acceptors (Lipinski definition) is 3. The highest BCUT2D eigenvalue weighted by molar-refractivity contribution is 9.10. The van der Waals surface area contributed by atoms with Crippen molar-refractivity contribution in [3.63, 3.8) is 0 Å². The molecule has 1 aliphatic carbocycles. The average Bonchev–Trinajstić information content (AvgIpc) is 2.26. The third kappa shape index (κ3) is 2.64. The van der Waals surface area contributed by atoms with Gasteiger partial charge < -0.3 is 15.7 Å². The fourth-order valence-corrected chi connectivity index (χ4v) is 2.84. The van der Waals surface area contributed by atoms with E-state index in [0.29, 0.717) is 19.1 Å². The maximum Gasteiger partial charge on any atom is 0.0606 e. The lowest BCUT2D eigenvalue weighted by Gasteiger charge is -2.40. The molecule has 1 aromatic carbocycles. The number of hydrogen-bond donors (Lipinski definition) is 2. The Balaban J connectivity index is 2.30. The molecule has 0 amide bonds. The molecule has 0 aliphatic heterocycles. The van der Waals surface area contributed by atoms with Gasteiger partial charge in [-0.3, -0.25) is 0 Å². The highest BCUT2D eigenvalue weighted by atomic mass is 79.9. The molecular formula is C13H19BrN2O. The summed E-state index contributed by atoms with van der Waals surface area (Å²) in [6, 6.07) is 6.72. The smallest absolute Gasteiger partial charge is 0.0606 e. The third-order valence-corrected chi connectivity index (χ3v) is 4.21. The van der Waals surface area contributed by atoms with Crippen LogP contribution < -0.4 is 10.6 Å². The van der Waals surface area contributed by atoms with E-state index in [1.165, 1.54) is 24.9 Å². The predicted octanol–water partition coefficient (Wildman–Crippen LogP) is 2.26. The van der Waals surface area contributed by atoms with Gasteiger partial charge in [0.1, 0.15) is 0 Å². The van der Waals surface area contributed by atoms with E-state index in [2.05, 4.69) is 26.9 Å². The van der Waals surface area contributed by atoms with Crippen molar-refractivity contribution in [2.75, 3.05) is 18.1 Å². The first-order chi connectivity index (χ1) is 8.27. The van der Waals surface area contributed by atoms with Gasteiger partial charge in [0.05, 0.1) is 6.61 Å². The van der Waals surface area contributed by atoms with Gasteiger partial charge in [0, 0.05) is 34.9 Å². The summed E-state index contributed by atoms with van der Waals surface area (Å²) in [5.74, 6) is 0. The molecule has 3 N–H and O–H groups in total. The van der Waals surface area contributed by atoms with Crippen LogP contribution in [0.4, 0.5) is 5.69 Å². The second-order valence-corrected chi connectivity index (χ2v) is 5.30. The van der Waals surface area contributed by atoms with E-state index < -0.39 is 0 Å². The predicted molar refractivity (Wildman–Crippen MR) is 74.1 cm³/mol. The topological polar surface area (TPSA) is 49.5 Å². The molecule has 3 nitrogen and oxygen atoms in total. The molecule has 0 bridgehead atoms. The van der Waals surface area contributed by atoms with E-state index in [0.717, 1.165) is 10.0 Å². The first kappa shape index (κ1) is 12.9. The van der Waals surface area contributed by atoms with Crippen LogP contribution >= 0.6 is 15.9 Å². The van der Waals surface area contributed by atoms with E-state index in [4.69, 9.17) is 5.73 Å². The number of nitrogens with zero attached hydrogens (tertiary/aromatic N) is 1. The van der Waals surface area contributed by atoms with Gasteiger partial charge in [-0.2, -0.15) is 0 Å². The molecule has 0 radical (unpaired) electrons. The number of rotatable bonds is 5. The Labute approximate surface area is 111 Å². The maximum atomic E-state index is 9.21. The Morgan fingerprint density at radius 3 is 2.71 bits per heavy atom. The summed E-state index contributed by atoms with van der Waals surface area (Å²) in [4.78, 5) is 2.30. The molecule has 17 heavy (non-hydrogen) atoms. The number of anilines is 1. The maximum absolute atomic E-state index is 9.21. The number of aliphatic hydroxyl groups is 1. The van der Waals surface area contributed by atoms with Crippen molar-refractivity contribution in [3.8, 4) is 0 Å². The Bertz CT molecular complexity index is 380. The highest BCUT2D eigenvalue weighted by Gasteiger charge is 2.26. The molecule has 2 rings (SSSR count). The zero-order chi connectivity index (χ0) is 12.3.